The van der Waals surface area contributed by atoms with Gasteiger partial charge in [-0.05, 0) is 25.0 Å². The SMILES string of the molecule is CNS(=O)(=O)N1CCN([C@H]2C[C@@H](c3nc(-c4ccc5ccc(-c6ccccc6)nc5c4)c4c(N)nccn43)C2)CC1. The Labute approximate surface area is 239 Å². The number of nitrogen functional groups attached to an aromatic ring is 1. The van der Waals surface area contributed by atoms with Crippen molar-refractivity contribution in [2.24, 2.45) is 0 Å². The van der Waals surface area contributed by atoms with Crippen molar-refractivity contribution in [3.05, 3.63) is 78.9 Å². The first kappa shape index (κ1) is 26.0. The minimum atomic E-state index is -3.37. The highest BCUT2D eigenvalue weighted by Gasteiger charge is 2.39. The van der Waals surface area contributed by atoms with Gasteiger partial charge in [-0.25, -0.2) is 19.7 Å². The Balaban J connectivity index is 1.17. The zero-order valence-electron chi connectivity index (χ0n) is 22.8. The first-order valence-electron chi connectivity index (χ1n) is 13.9. The van der Waals surface area contributed by atoms with Gasteiger partial charge in [0.25, 0.3) is 10.2 Å². The molecule has 10 nitrogen and oxygen atoms in total. The fourth-order valence-corrected chi connectivity index (χ4v) is 7.05. The zero-order chi connectivity index (χ0) is 28.1. The molecule has 2 fully saturated rings. The summed E-state index contributed by atoms with van der Waals surface area (Å²) in [6, 6.07) is 21.0. The number of hydrogen-bond acceptors (Lipinski definition) is 7. The lowest BCUT2D eigenvalue weighted by Crippen LogP contribution is -2.56. The number of rotatable bonds is 6. The van der Waals surface area contributed by atoms with Gasteiger partial charge in [-0.1, -0.05) is 48.5 Å². The van der Waals surface area contributed by atoms with Crippen LogP contribution in [0.4, 0.5) is 5.82 Å². The molecule has 3 N–H and O–H groups in total. The number of fused-ring (bicyclic) bond motifs is 2. The van der Waals surface area contributed by atoms with E-state index in [1.807, 2.05) is 24.4 Å². The molecule has 210 valence electrons. The average molecular weight is 569 g/mol. The summed E-state index contributed by atoms with van der Waals surface area (Å²) in [5, 5.41) is 1.06. The molecule has 0 spiro atoms. The summed E-state index contributed by atoms with van der Waals surface area (Å²) in [4.78, 5) is 16.9. The average Bonchev–Trinajstić information content (AvgIpc) is 3.37. The van der Waals surface area contributed by atoms with Crippen LogP contribution in [0.15, 0.2) is 73.1 Å². The Morgan fingerprint density at radius 2 is 1.68 bits per heavy atom. The summed E-state index contributed by atoms with van der Waals surface area (Å²) >= 11 is 0. The normalized spacial score (nSPS) is 20.4. The first-order chi connectivity index (χ1) is 19.9. The fraction of sp³-hybridized carbons (Fsp3) is 0.300. The van der Waals surface area contributed by atoms with Crippen LogP contribution in [-0.4, -0.2) is 76.2 Å². The Kier molecular flexibility index (Phi) is 6.46. The number of piperazine rings is 1. The minimum Gasteiger partial charge on any atom is -0.382 e. The second-order valence-corrected chi connectivity index (χ2v) is 12.7. The maximum atomic E-state index is 12.1. The zero-order valence-corrected chi connectivity index (χ0v) is 23.6. The molecule has 7 rings (SSSR count). The first-order valence-corrected chi connectivity index (χ1v) is 15.4. The quantitative estimate of drug-likeness (QED) is 0.321. The number of hydrogen-bond donors (Lipinski definition) is 2. The van der Waals surface area contributed by atoms with Gasteiger partial charge in [0.2, 0.25) is 0 Å². The summed E-state index contributed by atoms with van der Waals surface area (Å²) in [5.74, 6) is 1.72. The summed E-state index contributed by atoms with van der Waals surface area (Å²) < 4.78 is 30.3. The van der Waals surface area contributed by atoms with Crippen LogP contribution < -0.4 is 10.5 Å². The molecule has 4 heterocycles. The molecule has 0 radical (unpaired) electrons. The van der Waals surface area contributed by atoms with Crippen molar-refractivity contribution in [3.63, 3.8) is 0 Å². The molecule has 1 saturated heterocycles. The molecule has 2 aromatic carbocycles. The van der Waals surface area contributed by atoms with Gasteiger partial charge < -0.3 is 5.73 Å². The van der Waals surface area contributed by atoms with E-state index < -0.39 is 10.2 Å². The lowest BCUT2D eigenvalue weighted by atomic mass is 9.78. The van der Waals surface area contributed by atoms with Crippen molar-refractivity contribution in [2.75, 3.05) is 39.0 Å². The highest BCUT2D eigenvalue weighted by atomic mass is 32.2. The van der Waals surface area contributed by atoms with E-state index in [2.05, 4.69) is 61.5 Å². The molecule has 0 amide bonds. The standard InChI is InChI=1S/C30H32N8O2S/c1-32-41(39,40)37-15-13-36(14-16-37)24-17-23(18-24)30-35-27(28-29(31)33-11-12-38(28)30)22-8-7-21-9-10-25(34-26(21)19-22)20-5-3-2-4-6-20/h2-12,19,23-24,32H,13-18H2,1H3,(H2,31,33)/t23-,24+. The number of nitrogens with zero attached hydrogens (tertiary/aromatic N) is 6. The predicted octanol–water partition coefficient (Wildman–Crippen LogP) is 3.52. The van der Waals surface area contributed by atoms with Crippen molar-refractivity contribution >= 4 is 32.4 Å². The number of benzene rings is 2. The third-order valence-electron chi connectivity index (χ3n) is 8.51. The Morgan fingerprint density at radius 3 is 2.44 bits per heavy atom. The molecule has 41 heavy (non-hydrogen) atoms. The fourth-order valence-electron chi connectivity index (χ4n) is 6.15. The van der Waals surface area contributed by atoms with E-state index in [1.54, 1.807) is 6.20 Å². The van der Waals surface area contributed by atoms with E-state index in [9.17, 15) is 8.42 Å². The topological polar surface area (TPSA) is 122 Å². The number of pyridine rings is 1. The molecular formula is C30H32N8O2S. The van der Waals surface area contributed by atoms with Crippen molar-refractivity contribution < 1.29 is 8.42 Å². The van der Waals surface area contributed by atoms with Crippen molar-refractivity contribution in [1.29, 1.82) is 0 Å². The van der Waals surface area contributed by atoms with E-state index in [4.69, 9.17) is 15.7 Å². The Bertz CT molecular complexity index is 1840. The van der Waals surface area contributed by atoms with Crippen LogP contribution in [0.2, 0.25) is 0 Å². The van der Waals surface area contributed by atoms with Gasteiger partial charge in [0.05, 0.1) is 11.2 Å². The van der Waals surface area contributed by atoms with Crippen LogP contribution in [0.3, 0.4) is 0 Å². The third kappa shape index (κ3) is 4.64. The van der Waals surface area contributed by atoms with Crippen molar-refractivity contribution in [1.82, 2.24) is 33.3 Å². The van der Waals surface area contributed by atoms with Gasteiger partial charge in [0.1, 0.15) is 22.9 Å². The maximum absolute atomic E-state index is 12.1. The molecule has 0 unspecified atom stereocenters. The molecule has 1 saturated carbocycles. The highest BCUT2D eigenvalue weighted by molar-refractivity contribution is 7.87. The molecule has 5 aromatic rings. The monoisotopic (exact) mass is 568 g/mol. The number of nitrogens with two attached hydrogens (primary N) is 1. The van der Waals surface area contributed by atoms with Crippen LogP contribution in [-0.2, 0) is 10.2 Å². The van der Waals surface area contributed by atoms with Gasteiger partial charge >= 0.3 is 0 Å². The maximum Gasteiger partial charge on any atom is 0.279 e. The molecule has 11 heteroatoms. The minimum absolute atomic E-state index is 0.283. The van der Waals surface area contributed by atoms with Crippen molar-refractivity contribution in [2.45, 2.75) is 24.8 Å². The second-order valence-electron chi connectivity index (χ2n) is 10.8. The summed E-state index contributed by atoms with van der Waals surface area (Å²) in [6.45, 7) is 2.48. The smallest absolute Gasteiger partial charge is 0.279 e. The van der Waals surface area contributed by atoms with E-state index >= 15 is 0 Å². The molecule has 0 atom stereocenters. The van der Waals surface area contributed by atoms with Gasteiger partial charge in [0.15, 0.2) is 0 Å². The molecule has 3 aromatic heterocycles. The Hall–Kier alpha value is -3.90. The van der Waals surface area contributed by atoms with E-state index in [0.717, 1.165) is 70.7 Å². The molecule has 2 aliphatic rings. The van der Waals surface area contributed by atoms with Gasteiger partial charge in [-0.15, -0.1) is 0 Å². The van der Waals surface area contributed by atoms with Gasteiger partial charge in [-0.2, -0.15) is 12.7 Å². The molecule has 0 bridgehead atoms. The summed E-state index contributed by atoms with van der Waals surface area (Å²) in [7, 11) is -1.92. The largest absolute Gasteiger partial charge is 0.382 e. The lowest BCUT2D eigenvalue weighted by molar-refractivity contribution is 0.0728. The van der Waals surface area contributed by atoms with E-state index in [0.29, 0.717) is 24.9 Å². The van der Waals surface area contributed by atoms with Crippen LogP contribution in [0.5, 0.6) is 0 Å². The molecule has 1 aliphatic carbocycles. The van der Waals surface area contributed by atoms with Crippen LogP contribution in [0, 0.1) is 0 Å². The van der Waals surface area contributed by atoms with Crippen LogP contribution in [0.25, 0.3) is 38.9 Å². The van der Waals surface area contributed by atoms with Crippen LogP contribution >= 0.6 is 0 Å². The van der Waals surface area contributed by atoms with Gasteiger partial charge in [0, 0.05) is 74.1 Å². The molecule has 1 aliphatic heterocycles. The number of nitrogens with one attached hydrogen (secondary N) is 1. The number of imidazole rings is 1. The summed E-state index contributed by atoms with van der Waals surface area (Å²) in [5.41, 5.74) is 11.9. The number of anilines is 1. The van der Waals surface area contributed by atoms with E-state index in [1.165, 1.54) is 11.4 Å². The lowest BCUT2D eigenvalue weighted by Gasteiger charge is -2.45. The Morgan fingerprint density at radius 1 is 0.927 bits per heavy atom. The molecular weight excluding hydrogens is 536 g/mol. The summed E-state index contributed by atoms with van der Waals surface area (Å²) in [6.07, 6.45) is 5.61. The second kappa shape index (κ2) is 10.2. The van der Waals surface area contributed by atoms with Crippen LogP contribution in [0.1, 0.15) is 24.6 Å². The predicted molar refractivity (Wildman–Crippen MR) is 160 cm³/mol. The third-order valence-corrected chi connectivity index (χ3v) is 10.1. The number of aromatic nitrogens is 4. The van der Waals surface area contributed by atoms with Gasteiger partial charge in [-0.3, -0.25) is 9.30 Å². The highest BCUT2D eigenvalue weighted by Crippen LogP contribution is 2.42. The van der Waals surface area contributed by atoms with E-state index in [-0.39, 0.29) is 5.92 Å². The van der Waals surface area contributed by atoms with Crippen molar-refractivity contribution in [3.8, 4) is 22.5 Å².